The zero-order chi connectivity index (χ0) is 8.67. The van der Waals surface area contributed by atoms with Crippen molar-refractivity contribution in [3.05, 3.63) is 36.9 Å². The molecule has 62 valence electrons. The Morgan fingerprint density at radius 1 is 1.31 bits per heavy atom. The quantitative estimate of drug-likeness (QED) is 0.509. The van der Waals surface area contributed by atoms with Crippen LogP contribution in [0, 0.1) is 0 Å². The number of nitrogens with zero attached hydrogens (tertiary/aromatic N) is 4. The Balaban J connectivity index is 2.52. The molecule has 0 bridgehead atoms. The molecule has 3 heterocycles. The van der Waals surface area contributed by atoms with E-state index >= 15 is 0 Å². The van der Waals surface area contributed by atoms with Gasteiger partial charge in [0.2, 0.25) is 0 Å². The highest BCUT2D eigenvalue weighted by Gasteiger charge is 2.05. The highest BCUT2D eigenvalue weighted by atomic mass is 15.1. The van der Waals surface area contributed by atoms with Crippen molar-refractivity contribution >= 4 is 5.65 Å². The molecular weight excluding hydrogens is 164 g/mol. The van der Waals surface area contributed by atoms with E-state index in [0.717, 1.165) is 16.9 Å². The molecule has 0 atom stereocenters. The van der Waals surface area contributed by atoms with E-state index in [1.807, 2.05) is 28.9 Å². The highest BCUT2D eigenvalue weighted by Crippen LogP contribution is 2.18. The first-order valence-corrected chi connectivity index (χ1v) is 3.97. The Hall–Kier alpha value is -1.97. The fourth-order valence-electron chi connectivity index (χ4n) is 1.38. The Bertz CT molecular complexity index is 482. The molecule has 3 rings (SSSR count). The first kappa shape index (κ1) is 6.54. The second-order valence-corrected chi connectivity index (χ2v) is 2.84. The smallest absolute Gasteiger partial charge is 0.138 e. The number of hydrogen-bond acceptors (Lipinski definition) is 3. The lowest BCUT2D eigenvalue weighted by atomic mass is 10.2. The molecule has 0 aromatic carbocycles. The fourth-order valence-corrected chi connectivity index (χ4v) is 1.38. The van der Waals surface area contributed by atoms with E-state index in [1.165, 1.54) is 0 Å². The van der Waals surface area contributed by atoms with Crippen LogP contribution in [0.1, 0.15) is 0 Å². The molecular formula is C9H6N4. The van der Waals surface area contributed by atoms with Crippen LogP contribution in [0.4, 0.5) is 0 Å². The molecule has 0 N–H and O–H groups in total. The van der Waals surface area contributed by atoms with Crippen molar-refractivity contribution in [1.82, 2.24) is 19.6 Å². The number of rotatable bonds is 0. The van der Waals surface area contributed by atoms with Crippen LogP contribution in [-0.4, -0.2) is 19.6 Å². The van der Waals surface area contributed by atoms with Gasteiger partial charge in [0, 0.05) is 30.2 Å². The van der Waals surface area contributed by atoms with Gasteiger partial charge < -0.3 is 4.40 Å². The molecule has 0 fully saturated rings. The molecule has 0 unspecified atom stereocenters. The summed E-state index contributed by atoms with van der Waals surface area (Å²) in [7, 11) is 0. The third kappa shape index (κ3) is 0.885. The molecule has 4 nitrogen and oxygen atoms in total. The van der Waals surface area contributed by atoms with Crippen molar-refractivity contribution in [3.63, 3.8) is 0 Å². The van der Waals surface area contributed by atoms with Gasteiger partial charge in [-0.1, -0.05) is 0 Å². The van der Waals surface area contributed by atoms with Crippen molar-refractivity contribution in [2.24, 2.45) is 0 Å². The van der Waals surface area contributed by atoms with Gasteiger partial charge in [-0.2, -0.15) is 10.2 Å². The molecule has 1 aromatic rings. The predicted molar refractivity (Wildman–Crippen MR) is 47.4 cm³/mol. The normalized spacial score (nSPS) is 11.1. The summed E-state index contributed by atoms with van der Waals surface area (Å²) < 4.78 is 1.95. The minimum Gasteiger partial charge on any atom is -0.308 e. The predicted octanol–water partition coefficient (Wildman–Crippen LogP) is 1.23. The van der Waals surface area contributed by atoms with Crippen LogP contribution in [0.15, 0.2) is 36.9 Å². The SMILES string of the molecule is c1cnc2cc3nncc-3cn2c1. The van der Waals surface area contributed by atoms with Gasteiger partial charge in [0.25, 0.3) is 0 Å². The van der Waals surface area contributed by atoms with Crippen molar-refractivity contribution in [1.29, 1.82) is 0 Å². The van der Waals surface area contributed by atoms with Gasteiger partial charge >= 0.3 is 0 Å². The fraction of sp³-hybridized carbons (Fsp3) is 0. The summed E-state index contributed by atoms with van der Waals surface area (Å²) in [5.74, 6) is 0. The summed E-state index contributed by atoms with van der Waals surface area (Å²) >= 11 is 0. The maximum atomic E-state index is 4.21. The highest BCUT2D eigenvalue weighted by molar-refractivity contribution is 5.64. The molecule has 1 aromatic heterocycles. The minimum atomic E-state index is 0.885. The van der Waals surface area contributed by atoms with Gasteiger partial charge in [-0.3, -0.25) is 0 Å². The lowest BCUT2D eigenvalue weighted by Gasteiger charge is -2.01. The summed E-state index contributed by atoms with van der Waals surface area (Å²) in [6.45, 7) is 0. The molecule has 0 amide bonds. The van der Waals surface area contributed by atoms with Gasteiger partial charge in [0.1, 0.15) is 5.65 Å². The second-order valence-electron chi connectivity index (χ2n) is 2.84. The number of pyridine rings is 1. The van der Waals surface area contributed by atoms with E-state index in [4.69, 9.17) is 0 Å². The van der Waals surface area contributed by atoms with Gasteiger partial charge in [0.05, 0.1) is 11.9 Å². The molecule has 2 aliphatic heterocycles. The molecule has 2 aliphatic rings. The van der Waals surface area contributed by atoms with Crippen LogP contribution < -0.4 is 0 Å². The van der Waals surface area contributed by atoms with Gasteiger partial charge in [-0.05, 0) is 6.07 Å². The monoisotopic (exact) mass is 170 g/mol. The molecule has 0 spiro atoms. The van der Waals surface area contributed by atoms with E-state index in [9.17, 15) is 0 Å². The standard InChI is InChI=1S/C9H6N4/c1-2-10-9-4-8-7(5-11-12-8)6-13(9)3-1/h1-6H. The number of fused-ring (bicyclic) bond motifs is 2. The lowest BCUT2D eigenvalue weighted by Crippen LogP contribution is -1.91. The van der Waals surface area contributed by atoms with Crippen LogP contribution >= 0.6 is 0 Å². The summed E-state index contributed by atoms with van der Waals surface area (Å²) in [5, 5.41) is 7.80. The van der Waals surface area contributed by atoms with E-state index in [0.29, 0.717) is 0 Å². The van der Waals surface area contributed by atoms with E-state index in [-0.39, 0.29) is 0 Å². The van der Waals surface area contributed by atoms with Crippen LogP contribution in [0.2, 0.25) is 0 Å². The van der Waals surface area contributed by atoms with Crippen LogP contribution in [0.25, 0.3) is 16.9 Å². The lowest BCUT2D eigenvalue weighted by molar-refractivity contribution is 1.08. The van der Waals surface area contributed by atoms with Gasteiger partial charge in [-0.25, -0.2) is 4.98 Å². The summed E-state index contributed by atoms with van der Waals surface area (Å²) in [4.78, 5) is 4.21. The van der Waals surface area contributed by atoms with Crippen LogP contribution in [0.5, 0.6) is 0 Å². The Kier molecular flexibility index (Phi) is 1.14. The van der Waals surface area contributed by atoms with Crippen molar-refractivity contribution in [2.45, 2.75) is 0 Å². The first-order valence-electron chi connectivity index (χ1n) is 3.97. The Labute approximate surface area is 74.2 Å². The van der Waals surface area contributed by atoms with E-state index < -0.39 is 0 Å². The van der Waals surface area contributed by atoms with E-state index in [2.05, 4.69) is 15.2 Å². The van der Waals surface area contributed by atoms with Gasteiger partial charge in [0.15, 0.2) is 0 Å². The van der Waals surface area contributed by atoms with Crippen molar-refractivity contribution < 1.29 is 0 Å². The topological polar surface area (TPSA) is 43.1 Å². The first-order chi connectivity index (χ1) is 6.43. The molecule has 0 saturated heterocycles. The van der Waals surface area contributed by atoms with E-state index in [1.54, 1.807) is 12.4 Å². The Morgan fingerprint density at radius 2 is 2.31 bits per heavy atom. The minimum absolute atomic E-state index is 0.885. The molecule has 0 aliphatic carbocycles. The average molecular weight is 170 g/mol. The molecule has 13 heavy (non-hydrogen) atoms. The summed E-state index contributed by atoms with van der Waals surface area (Å²) in [6.07, 6.45) is 7.43. The maximum Gasteiger partial charge on any atom is 0.138 e. The third-order valence-corrected chi connectivity index (χ3v) is 2.01. The molecule has 0 radical (unpaired) electrons. The average Bonchev–Trinajstić information content (AvgIpc) is 2.61. The van der Waals surface area contributed by atoms with Crippen molar-refractivity contribution in [2.75, 3.05) is 0 Å². The Morgan fingerprint density at radius 3 is 3.31 bits per heavy atom. The van der Waals surface area contributed by atoms with Crippen LogP contribution in [0.3, 0.4) is 0 Å². The zero-order valence-corrected chi connectivity index (χ0v) is 6.75. The zero-order valence-electron chi connectivity index (χ0n) is 6.75. The summed E-state index contributed by atoms with van der Waals surface area (Å²) in [5.41, 5.74) is 2.81. The number of aromatic nitrogens is 4. The maximum absolute atomic E-state index is 4.21. The largest absolute Gasteiger partial charge is 0.308 e. The second kappa shape index (κ2) is 2.26. The molecule has 4 heteroatoms. The third-order valence-electron chi connectivity index (χ3n) is 2.01. The van der Waals surface area contributed by atoms with Crippen molar-refractivity contribution in [3.8, 4) is 11.3 Å². The van der Waals surface area contributed by atoms with Gasteiger partial charge in [-0.15, -0.1) is 0 Å². The number of hydrogen-bond donors (Lipinski definition) is 0. The molecule has 0 saturated carbocycles. The van der Waals surface area contributed by atoms with Crippen LogP contribution in [-0.2, 0) is 0 Å². The summed E-state index contributed by atoms with van der Waals surface area (Å²) in [6, 6.07) is 3.81.